The first-order chi connectivity index (χ1) is 17.1. The molecule has 1 unspecified atom stereocenters. The van der Waals surface area contributed by atoms with Gasteiger partial charge in [-0.25, -0.2) is 9.59 Å². The molecule has 36 heavy (non-hydrogen) atoms. The summed E-state index contributed by atoms with van der Waals surface area (Å²) in [5, 5.41) is 23.2. The summed E-state index contributed by atoms with van der Waals surface area (Å²) >= 11 is 0. The van der Waals surface area contributed by atoms with Crippen LogP contribution in [0.5, 0.6) is 5.75 Å². The molecule has 2 aromatic rings. The summed E-state index contributed by atoms with van der Waals surface area (Å²) in [6, 6.07) is 11.3. The predicted molar refractivity (Wildman–Crippen MR) is 137 cm³/mol. The summed E-state index contributed by atoms with van der Waals surface area (Å²) < 4.78 is 11.1. The number of nitrogens with one attached hydrogen (secondary N) is 1. The summed E-state index contributed by atoms with van der Waals surface area (Å²) in [5.41, 5.74) is 1.64. The zero-order valence-electron chi connectivity index (χ0n) is 21.2. The number of nitrogens with zero attached hydrogens (tertiary/aromatic N) is 2. The number of carbonyl (C=O) groups excluding carboxylic acids is 1. The molecule has 0 radical (unpaired) electrons. The molecule has 1 atom stereocenters. The van der Waals surface area contributed by atoms with Gasteiger partial charge in [-0.2, -0.15) is 0 Å². The fourth-order valence-corrected chi connectivity index (χ4v) is 3.44. The van der Waals surface area contributed by atoms with Crippen molar-refractivity contribution >= 4 is 23.4 Å². The number of ether oxygens (including phenoxy) is 2. The number of anilines is 1. The van der Waals surface area contributed by atoms with Gasteiger partial charge in [-0.3, -0.25) is 10.1 Å². The number of carboxylic acids is 1. The first kappa shape index (κ1) is 28.6. The van der Waals surface area contributed by atoms with Crippen LogP contribution in [0.1, 0.15) is 38.3 Å². The topological polar surface area (TPSA) is 131 Å². The first-order valence-corrected chi connectivity index (χ1v) is 12.0. The lowest BCUT2D eigenvalue weighted by molar-refractivity contribution is -0.385. The van der Waals surface area contributed by atoms with Gasteiger partial charge in [-0.1, -0.05) is 32.0 Å². The fourth-order valence-electron chi connectivity index (χ4n) is 3.44. The molecular formula is C26H35N3O7. The third kappa shape index (κ3) is 9.18. The van der Waals surface area contributed by atoms with Crippen molar-refractivity contribution in [1.29, 1.82) is 0 Å². The Kier molecular flexibility index (Phi) is 11.1. The molecule has 10 heteroatoms. The minimum Gasteiger partial charge on any atom is -0.492 e. The highest BCUT2D eigenvalue weighted by atomic mass is 16.6. The predicted octanol–water partition coefficient (Wildman–Crippen LogP) is 4.89. The number of aliphatic carboxylic acids is 1. The van der Waals surface area contributed by atoms with Crippen molar-refractivity contribution in [1.82, 2.24) is 4.90 Å². The van der Waals surface area contributed by atoms with E-state index in [0.717, 1.165) is 12.0 Å². The normalized spacial score (nSPS) is 11.7. The fraction of sp³-hybridized carbons (Fsp3) is 0.462. The van der Waals surface area contributed by atoms with Crippen LogP contribution >= 0.6 is 0 Å². The number of carboxylic acid groups (broad SMARTS) is 1. The lowest BCUT2D eigenvalue weighted by Gasteiger charge is -2.24. The molecule has 0 saturated heterocycles. The summed E-state index contributed by atoms with van der Waals surface area (Å²) in [5.74, 6) is -0.0156. The van der Waals surface area contributed by atoms with Crippen molar-refractivity contribution in [3.8, 4) is 5.75 Å². The molecular weight excluding hydrogens is 466 g/mol. The average Bonchev–Trinajstić information content (AvgIpc) is 2.82. The number of aryl methyl sites for hydroxylation is 1. The SMILES string of the molecule is CCOC(Cc1ccc(OCCN(CCC(C)C)C(=O)Nc2ccc(C)c([N+](=O)[O-])c2)cc1)C(=O)O. The Balaban J connectivity index is 1.97. The summed E-state index contributed by atoms with van der Waals surface area (Å²) in [6.45, 7) is 8.92. The van der Waals surface area contributed by atoms with E-state index in [2.05, 4.69) is 19.2 Å². The highest BCUT2D eigenvalue weighted by molar-refractivity contribution is 5.89. The van der Waals surface area contributed by atoms with Gasteiger partial charge in [-0.05, 0) is 49.9 Å². The van der Waals surface area contributed by atoms with Crippen LogP contribution in [0.2, 0.25) is 0 Å². The number of hydrogen-bond donors (Lipinski definition) is 2. The minimum atomic E-state index is -1.00. The second kappa shape index (κ2) is 14.0. The van der Waals surface area contributed by atoms with E-state index in [1.54, 1.807) is 55.1 Å². The molecule has 0 aliphatic heterocycles. The largest absolute Gasteiger partial charge is 0.492 e. The first-order valence-electron chi connectivity index (χ1n) is 12.0. The highest BCUT2D eigenvalue weighted by Crippen LogP contribution is 2.22. The molecule has 0 aliphatic carbocycles. The molecule has 0 aromatic heterocycles. The number of hydrogen-bond acceptors (Lipinski definition) is 6. The smallest absolute Gasteiger partial charge is 0.333 e. The molecule has 2 aromatic carbocycles. The monoisotopic (exact) mass is 501 g/mol. The molecule has 10 nitrogen and oxygen atoms in total. The Labute approximate surface area is 211 Å². The van der Waals surface area contributed by atoms with Crippen molar-refractivity contribution in [2.75, 3.05) is 31.6 Å². The van der Waals surface area contributed by atoms with Gasteiger partial charge in [-0.15, -0.1) is 0 Å². The van der Waals surface area contributed by atoms with Crippen LogP contribution in [0.4, 0.5) is 16.2 Å². The number of urea groups is 1. The van der Waals surface area contributed by atoms with Gasteiger partial charge in [0.2, 0.25) is 0 Å². The molecule has 0 saturated carbocycles. The molecule has 2 rings (SSSR count). The number of amides is 2. The van der Waals surface area contributed by atoms with Gasteiger partial charge in [0.25, 0.3) is 5.69 Å². The third-order valence-corrected chi connectivity index (χ3v) is 5.54. The van der Waals surface area contributed by atoms with E-state index < -0.39 is 17.0 Å². The van der Waals surface area contributed by atoms with E-state index in [1.807, 2.05) is 0 Å². The van der Waals surface area contributed by atoms with Gasteiger partial charge in [0.1, 0.15) is 12.4 Å². The lowest BCUT2D eigenvalue weighted by Crippen LogP contribution is -2.39. The molecule has 0 fully saturated rings. The molecule has 0 heterocycles. The maximum Gasteiger partial charge on any atom is 0.333 e. The van der Waals surface area contributed by atoms with E-state index in [1.165, 1.54) is 6.07 Å². The molecule has 196 valence electrons. The Hall–Kier alpha value is -3.66. The Morgan fingerprint density at radius 3 is 2.42 bits per heavy atom. The van der Waals surface area contributed by atoms with Crippen LogP contribution in [-0.2, 0) is 16.0 Å². The van der Waals surface area contributed by atoms with Crippen molar-refractivity contribution < 1.29 is 29.1 Å². The standard InChI is InChI=1S/C26H35N3O7/c1-5-35-24(25(30)31)16-20-7-10-22(11-8-20)36-15-14-28(13-12-18(2)3)26(32)27-21-9-6-19(4)23(17-21)29(33)34/h6-11,17-18,24H,5,12-16H2,1-4H3,(H,27,32)(H,30,31). The van der Waals surface area contributed by atoms with Crippen LogP contribution in [-0.4, -0.2) is 59.3 Å². The van der Waals surface area contributed by atoms with Crippen LogP contribution in [0.25, 0.3) is 0 Å². The van der Waals surface area contributed by atoms with Gasteiger partial charge in [0, 0.05) is 36.9 Å². The van der Waals surface area contributed by atoms with Gasteiger partial charge in [0.15, 0.2) is 6.10 Å². The van der Waals surface area contributed by atoms with Gasteiger partial charge >= 0.3 is 12.0 Å². The molecule has 0 spiro atoms. The van der Waals surface area contributed by atoms with E-state index in [0.29, 0.717) is 42.6 Å². The second-order valence-corrected chi connectivity index (χ2v) is 8.84. The van der Waals surface area contributed by atoms with Crippen molar-refractivity contribution in [2.45, 2.75) is 46.6 Å². The maximum atomic E-state index is 12.9. The number of benzene rings is 2. The Morgan fingerprint density at radius 2 is 1.83 bits per heavy atom. The molecule has 0 bridgehead atoms. The number of carbonyl (C=O) groups is 2. The number of rotatable bonds is 14. The van der Waals surface area contributed by atoms with Crippen molar-refractivity contribution in [2.24, 2.45) is 5.92 Å². The number of nitro benzene ring substituents is 1. The summed E-state index contributed by atoms with van der Waals surface area (Å²) in [7, 11) is 0. The maximum absolute atomic E-state index is 12.9. The minimum absolute atomic E-state index is 0.0516. The Bertz CT molecular complexity index is 1020. The van der Waals surface area contributed by atoms with E-state index in [9.17, 15) is 24.8 Å². The van der Waals surface area contributed by atoms with E-state index >= 15 is 0 Å². The van der Waals surface area contributed by atoms with Crippen molar-refractivity contribution in [3.63, 3.8) is 0 Å². The summed E-state index contributed by atoms with van der Waals surface area (Å²) in [4.78, 5) is 36.6. The van der Waals surface area contributed by atoms with Gasteiger partial charge < -0.3 is 24.8 Å². The van der Waals surface area contributed by atoms with Crippen LogP contribution < -0.4 is 10.1 Å². The second-order valence-electron chi connectivity index (χ2n) is 8.84. The molecule has 0 aliphatic rings. The van der Waals surface area contributed by atoms with Crippen LogP contribution in [0.3, 0.4) is 0 Å². The lowest BCUT2D eigenvalue weighted by atomic mass is 10.1. The Morgan fingerprint density at radius 1 is 1.14 bits per heavy atom. The van der Waals surface area contributed by atoms with E-state index in [-0.39, 0.29) is 24.7 Å². The van der Waals surface area contributed by atoms with Crippen molar-refractivity contribution in [3.05, 3.63) is 63.7 Å². The van der Waals surface area contributed by atoms with Crippen LogP contribution in [0.15, 0.2) is 42.5 Å². The number of nitro groups is 1. The zero-order valence-corrected chi connectivity index (χ0v) is 21.2. The zero-order chi connectivity index (χ0) is 26.7. The quantitative estimate of drug-likeness (QED) is 0.278. The van der Waals surface area contributed by atoms with Gasteiger partial charge in [0.05, 0.1) is 11.5 Å². The molecule has 2 amide bonds. The van der Waals surface area contributed by atoms with Crippen LogP contribution in [0, 0.1) is 23.0 Å². The summed E-state index contributed by atoms with van der Waals surface area (Å²) in [6.07, 6.45) is 0.148. The average molecular weight is 502 g/mol. The third-order valence-electron chi connectivity index (χ3n) is 5.54. The highest BCUT2D eigenvalue weighted by Gasteiger charge is 2.19. The molecule has 2 N–H and O–H groups in total. The van der Waals surface area contributed by atoms with E-state index in [4.69, 9.17) is 9.47 Å².